The topological polar surface area (TPSA) is 29.1 Å². The van der Waals surface area contributed by atoms with Crippen LogP contribution in [-0.2, 0) is 4.79 Å². The van der Waals surface area contributed by atoms with Crippen LogP contribution in [0.25, 0.3) is 0 Å². The summed E-state index contributed by atoms with van der Waals surface area (Å²) in [7, 11) is 0. The van der Waals surface area contributed by atoms with Crippen molar-refractivity contribution in [3.8, 4) is 0 Å². The number of hydrogen-bond donors (Lipinski definition) is 1. The van der Waals surface area contributed by atoms with Gasteiger partial charge in [-0.3, -0.25) is 0 Å². The summed E-state index contributed by atoms with van der Waals surface area (Å²) in [6, 6.07) is 0. The summed E-state index contributed by atoms with van der Waals surface area (Å²) in [6.45, 7) is 6.08. The molecule has 14 heavy (non-hydrogen) atoms. The summed E-state index contributed by atoms with van der Waals surface area (Å²) >= 11 is 0. The second-order valence-corrected chi connectivity index (χ2v) is 4.09. The highest BCUT2D eigenvalue weighted by Crippen LogP contribution is 2.03. The number of carbonyl (C=O) groups excluding carboxylic acids is 1. The third kappa shape index (κ3) is 9.72. The van der Waals surface area contributed by atoms with Gasteiger partial charge in [-0.2, -0.15) is 0 Å². The monoisotopic (exact) mass is 199 g/mol. The number of carbonyl (C=O) groups is 1. The average Bonchev–Trinajstić information content (AvgIpc) is 2.21. The molecular formula is C12H25NO. The van der Waals surface area contributed by atoms with E-state index in [2.05, 4.69) is 12.2 Å². The van der Waals surface area contributed by atoms with Crippen LogP contribution in [0.1, 0.15) is 52.4 Å². The normalized spacial score (nSPS) is 12.7. The van der Waals surface area contributed by atoms with Crippen LogP contribution in [0.5, 0.6) is 0 Å². The molecule has 1 N–H and O–H groups in total. The molecular weight excluding hydrogens is 174 g/mol. The van der Waals surface area contributed by atoms with Gasteiger partial charge in [0.25, 0.3) is 0 Å². The Morgan fingerprint density at radius 3 is 2.43 bits per heavy atom. The van der Waals surface area contributed by atoms with Crippen LogP contribution >= 0.6 is 0 Å². The minimum atomic E-state index is 0.162. The number of aldehydes is 1. The molecule has 2 nitrogen and oxygen atoms in total. The van der Waals surface area contributed by atoms with E-state index in [9.17, 15) is 4.79 Å². The van der Waals surface area contributed by atoms with Crippen molar-refractivity contribution in [2.24, 2.45) is 5.92 Å². The van der Waals surface area contributed by atoms with Crippen LogP contribution in [0.15, 0.2) is 0 Å². The lowest BCUT2D eigenvalue weighted by Gasteiger charge is -2.05. The molecule has 0 amide bonds. The van der Waals surface area contributed by atoms with Gasteiger partial charge in [-0.1, -0.05) is 46.0 Å². The van der Waals surface area contributed by atoms with Crippen molar-refractivity contribution in [1.82, 2.24) is 5.32 Å². The van der Waals surface area contributed by atoms with Crippen LogP contribution in [0.2, 0.25) is 0 Å². The first-order valence-corrected chi connectivity index (χ1v) is 5.97. The van der Waals surface area contributed by atoms with Gasteiger partial charge >= 0.3 is 0 Å². The van der Waals surface area contributed by atoms with Crippen LogP contribution in [0, 0.1) is 5.92 Å². The molecule has 0 saturated heterocycles. The zero-order chi connectivity index (χ0) is 10.6. The van der Waals surface area contributed by atoms with E-state index in [-0.39, 0.29) is 5.92 Å². The Kier molecular flexibility index (Phi) is 10.4. The molecule has 0 heterocycles. The van der Waals surface area contributed by atoms with E-state index in [1.165, 1.54) is 38.5 Å². The third-order valence-electron chi connectivity index (χ3n) is 2.41. The van der Waals surface area contributed by atoms with Crippen molar-refractivity contribution in [2.75, 3.05) is 13.1 Å². The van der Waals surface area contributed by atoms with Gasteiger partial charge in [0, 0.05) is 12.5 Å². The van der Waals surface area contributed by atoms with E-state index in [0.717, 1.165) is 19.4 Å². The predicted octanol–water partition coefficient (Wildman–Crippen LogP) is 2.77. The maximum absolute atomic E-state index is 10.3. The fourth-order valence-electron chi connectivity index (χ4n) is 1.41. The van der Waals surface area contributed by atoms with Gasteiger partial charge < -0.3 is 10.1 Å². The molecule has 0 aromatic carbocycles. The molecule has 84 valence electrons. The maximum Gasteiger partial charge on any atom is 0.124 e. The van der Waals surface area contributed by atoms with Gasteiger partial charge in [0.1, 0.15) is 6.29 Å². The van der Waals surface area contributed by atoms with Gasteiger partial charge in [-0.05, 0) is 13.0 Å². The number of hydrogen-bond acceptors (Lipinski definition) is 2. The molecule has 0 bridgehead atoms. The Morgan fingerprint density at radius 1 is 1.14 bits per heavy atom. The molecule has 0 rings (SSSR count). The molecule has 0 aliphatic carbocycles. The SMILES string of the molecule is CCCCCCCCNCC(C)C=O. The lowest BCUT2D eigenvalue weighted by Crippen LogP contribution is -2.22. The predicted molar refractivity (Wildman–Crippen MR) is 61.5 cm³/mol. The van der Waals surface area contributed by atoms with Crippen LogP contribution in [0.4, 0.5) is 0 Å². The third-order valence-corrected chi connectivity index (χ3v) is 2.41. The van der Waals surface area contributed by atoms with Crippen LogP contribution in [-0.4, -0.2) is 19.4 Å². The van der Waals surface area contributed by atoms with Gasteiger partial charge in [-0.15, -0.1) is 0 Å². The zero-order valence-corrected chi connectivity index (χ0v) is 9.72. The Balaban J connectivity index is 2.95. The fourth-order valence-corrected chi connectivity index (χ4v) is 1.41. The summed E-state index contributed by atoms with van der Waals surface area (Å²) < 4.78 is 0. The average molecular weight is 199 g/mol. The van der Waals surface area contributed by atoms with E-state index < -0.39 is 0 Å². The van der Waals surface area contributed by atoms with E-state index >= 15 is 0 Å². The first-order chi connectivity index (χ1) is 6.81. The first-order valence-electron chi connectivity index (χ1n) is 5.97. The molecule has 0 aromatic rings. The van der Waals surface area contributed by atoms with E-state index in [1.807, 2.05) is 6.92 Å². The Labute approximate surface area is 88.5 Å². The smallest absolute Gasteiger partial charge is 0.124 e. The maximum atomic E-state index is 10.3. The summed E-state index contributed by atoms with van der Waals surface area (Å²) in [5.41, 5.74) is 0. The van der Waals surface area contributed by atoms with Crippen LogP contribution in [0.3, 0.4) is 0 Å². The van der Waals surface area contributed by atoms with Gasteiger partial charge in [0.2, 0.25) is 0 Å². The van der Waals surface area contributed by atoms with Gasteiger partial charge in [-0.25, -0.2) is 0 Å². The highest BCUT2D eigenvalue weighted by molar-refractivity contribution is 5.52. The Bertz CT molecular complexity index is 125. The zero-order valence-electron chi connectivity index (χ0n) is 9.72. The largest absolute Gasteiger partial charge is 0.316 e. The second-order valence-electron chi connectivity index (χ2n) is 4.09. The minimum Gasteiger partial charge on any atom is -0.316 e. The number of nitrogens with one attached hydrogen (secondary N) is 1. The lowest BCUT2D eigenvalue weighted by molar-refractivity contribution is -0.110. The highest BCUT2D eigenvalue weighted by Gasteiger charge is 1.97. The highest BCUT2D eigenvalue weighted by atomic mass is 16.1. The summed E-state index contributed by atoms with van der Waals surface area (Å²) in [5.74, 6) is 0.162. The van der Waals surface area contributed by atoms with Gasteiger partial charge in [0.15, 0.2) is 0 Å². The Morgan fingerprint density at radius 2 is 1.79 bits per heavy atom. The van der Waals surface area contributed by atoms with Crippen molar-refractivity contribution >= 4 is 6.29 Å². The number of unbranched alkanes of at least 4 members (excludes halogenated alkanes) is 5. The van der Waals surface area contributed by atoms with Crippen molar-refractivity contribution in [2.45, 2.75) is 52.4 Å². The van der Waals surface area contributed by atoms with Crippen LogP contribution < -0.4 is 5.32 Å². The molecule has 1 unspecified atom stereocenters. The number of rotatable bonds is 10. The van der Waals surface area contributed by atoms with Gasteiger partial charge in [0.05, 0.1) is 0 Å². The molecule has 2 heteroatoms. The van der Waals surface area contributed by atoms with Crippen molar-refractivity contribution in [3.63, 3.8) is 0 Å². The molecule has 0 aliphatic heterocycles. The fraction of sp³-hybridized carbons (Fsp3) is 0.917. The second kappa shape index (κ2) is 10.7. The molecule has 0 spiro atoms. The quantitative estimate of drug-likeness (QED) is 0.433. The first kappa shape index (κ1) is 13.6. The van der Waals surface area contributed by atoms with E-state index in [4.69, 9.17) is 0 Å². The standard InChI is InChI=1S/C12H25NO/c1-3-4-5-6-7-8-9-13-10-12(2)11-14/h11-13H,3-10H2,1-2H3. The van der Waals surface area contributed by atoms with E-state index in [0.29, 0.717) is 0 Å². The summed E-state index contributed by atoms with van der Waals surface area (Å²) in [4.78, 5) is 10.3. The molecule has 0 radical (unpaired) electrons. The van der Waals surface area contributed by atoms with Crippen molar-refractivity contribution in [3.05, 3.63) is 0 Å². The Hall–Kier alpha value is -0.370. The molecule has 0 aromatic heterocycles. The molecule has 0 aliphatic rings. The molecule has 1 atom stereocenters. The summed E-state index contributed by atoms with van der Waals surface area (Å²) in [6.07, 6.45) is 9.00. The van der Waals surface area contributed by atoms with Crippen molar-refractivity contribution < 1.29 is 4.79 Å². The molecule has 0 saturated carbocycles. The lowest BCUT2D eigenvalue weighted by atomic mass is 10.1. The minimum absolute atomic E-state index is 0.162. The summed E-state index contributed by atoms with van der Waals surface area (Å²) in [5, 5.41) is 3.30. The van der Waals surface area contributed by atoms with E-state index in [1.54, 1.807) is 0 Å². The van der Waals surface area contributed by atoms with Crippen molar-refractivity contribution in [1.29, 1.82) is 0 Å². The molecule has 0 fully saturated rings.